The second-order valence-corrected chi connectivity index (χ2v) is 8.56. The molecule has 110 valence electrons. The van der Waals surface area contributed by atoms with Crippen molar-refractivity contribution in [3.05, 3.63) is 0 Å². The summed E-state index contributed by atoms with van der Waals surface area (Å²) in [5.41, 5.74) is 6.09. The molecule has 1 saturated carbocycles. The lowest BCUT2D eigenvalue weighted by atomic mass is 9.85. The van der Waals surface area contributed by atoms with Crippen molar-refractivity contribution in [2.45, 2.75) is 52.9 Å². The lowest BCUT2D eigenvalue weighted by Crippen LogP contribution is -2.51. The predicted octanol–water partition coefficient (Wildman–Crippen LogP) is 2.75. The molecule has 6 heteroatoms. The molecule has 1 heterocycles. The average Bonchev–Trinajstić information content (AvgIpc) is 2.37. The second-order valence-electron chi connectivity index (χ2n) is 5.68. The minimum atomic E-state index is -0.0725. The van der Waals surface area contributed by atoms with Crippen LogP contribution in [0, 0.1) is 5.92 Å². The number of likely N-dealkylation sites (tertiary alicyclic amines) is 1. The molecule has 1 aliphatic heterocycles. The molecule has 19 heavy (non-hydrogen) atoms. The van der Waals surface area contributed by atoms with E-state index < -0.39 is 0 Å². The van der Waals surface area contributed by atoms with Crippen LogP contribution < -0.4 is 5.73 Å². The molecule has 0 aromatic heterocycles. The Bertz CT molecular complexity index is 332. The largest absolute Gasteiger partial charge is 0.316 e. The molecule has 2 rings (SSSR count). The Labute approximate surface area is 138 Å². The van der Waals surface area contributed by atoms with Crippen molar-refractivity contribution in [1.82, 2.24) is 4.90 Å². The quantitative estimate of drug-likeness (QED) is 0.566. The summed E-state index contributed by atoms with van der Waals surface area (Å²) in [6.45, 7) is 1.39. The molecule has 5 atom stereocenters. The Balaban J connectivity index is 1.86. The van der Waals surface area contributed by atoms with Gasteiger partial charge in [-0.05, 0) is 32.1 Å². The number of nitrogens with two attached hydrogens (primary N) is 1. The molecular formula is C13H21Cl2IN2O. The van der Waals surface area contributed by atoms with Crippen molar-refractivity contribution < 1.29 is 4.79 Å². The van der Waals surface area contributed by atoms with E-state index in [1.165, 1.54) is 0 Å². The van der Waals surface area contributed by atoms with E-state index in [9.17, 15) is 4.79 Å². The highest BCUT2D eigenvalue weighted by Crippen LogP contribution is 2.32. The molecule has 5 unspecified atom stereocenters. The van der Waals surface area contributed by atoms with E-state index in [1.54, 1.807) is 0 Å². The summed E-state index contributed by atoms with van der Waals surface area (Å²) in [4.78, 5) is 14.5. The first kappa shape index (κ1) is 16.3. The fourth-order valence-electron chi connectivity index (χ4n) is 2.90. The molecule has 2 N–H and O–H groups in total. The maximum absolute atomic E-state index is 12.4. The lowest BCUT2D eigenvalue weighted by Gasteiger charge is -2.36. The van der Waals surface area contributed by atoms with Crippen molar-refractivity contribution in [3.63, 3.8) is 0 Å². The maximum Gasteiger partial charge on any atom is 0.150 e. The zero-order chi connectivity index (χ0) is 14.0. The highest BCUT2D eigenvalue weighted by atomic mass is 127. The number of carbonyl (C=O) groups is 1. The third kappa shape index (κ3) is 4.43. The van der Waals surface area contributed by atoms with Gasteiger partial charge in [0, 0.05) is 21.8 Å². The van der Waals surface area contributed by atoms with Gasteiger partial charge in [0.05, 0.1) is 18.1 Å². The number of nitrogens with zero attached hydrogens (tertiary/aromatic N) is 1. The highest BCUT2D eigenvalue weighted by Gasteiger charge is 2.33. The highest BCUT2D eigenvalue weighted by molar-refractivity contribution is 14.1. The van der Waals surface area contributed by atoms with Crippen molar-refractivity contribution in [2.24, 2.45) is 11.7 Å². The average molecular weight is 419 g/mol. The first-order chi connectivity index (χ1) is 8.97. The maximum atomic E-state index is 12.4. The van der Waals surface area contributed by atoms with Crippen LogP contribution in [0.3, 0.4) is 0 Å². The molecule has 0 aromatic carbocycles. The molecule has 2 aliphatic rings. The van der Waals surface area contributed by atoms with Gasteiger partial charge in [-0.1, -0.05) is 22.6 Å². The summed E-state index contributed by atoms with van der Waals surface area (Å²) in [6.07, 6.45) is 4.58. The number of Topliss-reactive ketones (excluding diaryl/α,β-unsaturated/α-hetero) is 1. The number of rotatable bonds is 3. The molecule has 1 aliphatic carbocycles. The molecule has 0 bridgehead atoms. The zero-order valence-electron chi connectivity index (χ0n) is 10.9. The zero-order valence-corrected chi connectivity index (χ0v) is 14.6. The summed E-state index contributed by atoms with van der Waals surface area (Å²) in [6, 6.07) is 0. The van der Waals surface area contributed by atoms with Crippen LogP contribution in [0.25, 0.3) is 0 Å². The van der Waals surface area contributed by atoms with Gasteiger partial charge in [-0.15, -0.1) is 23.2 Å². The van der Waals surface area contributed by atoms with Crippen molar-refractivity contribution in [1.29, 1.82) is 0 Å². The van der Waals surface area contributed by atoms with Crippen LogP contribution in [0.1, 0.15) is 32.1 Å². The standard InChI is InChI=1S/C13H21Cl2IN2O/c14-10-3-1-8(5-11(10)15)12(19)7-18-6-9(16)2-4-13(18)17/h8-11,13H,1-7,17H2. The topological polar surface area (TPSA) is 46.3 Å². The van der Waals surface area contributed by atoms with E-state index >= 15 is 0 Å². The minimum Gasteiger partial charge on any atom is -0.316 e. The summed E-state index contributed by atoms with van der Waals surface area (Å²) < 4.78 is 0.601. The van der Waals surface area contributed by atoms with Gasteiger partial charge in [-0.25, -0.2) is 0 Å². The molecule has 1 saturated heterocycles. The van der Waals surface area contributed by atoms with Gasteiger partial charge in [-0.2, -0.15) is 0 Å². The summed E-state index contributed by atoms with van der Waals surface area (Å²) >= 11 is 14.7. The van der Waals surface area contributed by atoms with E-state index in [0.29, 0.717) is 16.9 Å². The van der Waals surface area contributed by atoms with Gasteiger partial charge in [0.15, 0.2) is 0 Å². The molecular weight excluding hydrogens is 398 g/mol. The second kappa shape index (κ2) is 7.25. The summed E-state index contributed by atoms with van der Waals surface area (Å²) in [5.74, 6) is 0.356. The van der Waals surface area contributed by atoms with Crippen LogP contribution in [0.4, 0.5) is 0 Å². The third-order valence-corrected chi connectivity index (χ3v) is 6.34. The molecule has 2 fully saturated rings. The van der Waals surface area contributed by atoms with Gasteiger partial charge in [0.1, 0.15) is 5.78 Å². The Kier molecular flexibility index (Phi) is 6.21. The number of hydrogen-bond donors (Lipinski definition) is 1. The molecule has 0 amide bonds. The Morgan fingerprint density at radius 3 is 2.63 bits per heavy atom. The van der Waals surface area contributed by atoms with Crippen LogP contribution >= 0.6 is 45.8 Å². The Morgan fingerprint density at radius 2 is 1.95 bits per heavy atom. The van der Waals surface area contributed by atoms with E-state index in [0.717, 1.165) is 32.2 Å². The van der Waals surface area contributed by atoms with Gasteiger partial charge in [0.2, 0.25) is 0 Å². The molecule has 0 spiro atoms. The van der Waals surface area contributed by atoms with Gasteiger partial charge in [0.25, 0.3) is 0 Å². The summed E-state index contributed by atoms with van der Waals surface area (Å²) in [5, 5.41) is -0.0570. The van der Waals surface area contributed by atoms with Crippen LogP contribution in [0.2, 0.25) is 0 Å². The SMILES string of the molecule is NC1CCC(I)CN1CC(=O)C1CCC(Cl)C(Cl)C1. The fraction of sp³-hybridized carbons (Fsp3) is 0.923. The number of carbonyl (C=O) groups excluding carboxylic acids is 1. The van der Waals surface area contributed by atoms with E-state index in [4.69, 9.17) is 28.9 Å². The van der Waals surface area contributed by atoms with E-state index in [-0.39, 0.29) is 28.6 Å². The molecule has 3 nitrogen and oxygen atoms in total. The van der Waals surface area contributed by atoms with E-state index in [1.807, 2.05) is 0 Å². The Morgan fingerprint density at radius 1 is 1.21 bits per heavy atom. The van der Waals surface area contributed by atoms with E-state index in [2.05, 4.69) is 27.5 Å². The fourth-order valence-corrected chi connectivity index (χ4v) is 4.33. The first-order valence-corrected chi connectivity index (χ1v) is 9.03. The van der Waals surface area contributed by atoms with Crippen molar-refractivity contribution in [3.8, 4) is 0 Å². The normalized spacial score (nSPS) is 41.2. The third-order valence-electron chi connectivity index (χ3n) is 4.18. The predicted molar refractivity (Wildman–Crippen MR) is 88.2 cm³/mol. The number of alkyl halides is 3. The van der Waals surface area contributed by atoms with Crippen molar-refractivity contribution >= 4 is 51.6 Å². The van der Waals surface area contributed by atoms with Crippen LogP contribution in [0.15, 0.2) is 0 Å². The molecule has 0 aromatic rings. The minimum absolute atomic E-state index is 0.0155. The first-order valence-electron chi connectivity index (χ1n) is 6.92. The smallest absolute Gasteiger partial charge is 0.150 e. The monoisotopic (exact) mass is 418 g/mol. The van der Waals surface area contributed by atoms with Crippen LogP contribution in [0.5, 0.6) is 0 Å². The lowest BCUT2D eigenvalue weighted by molar-refractivity contribution is -0.125. The van der Waals surface area contributed by atoms with Crippen LogP contribution in [-0.2, 0) is 4.79 Å². The number of piperidine rings is 1. The number of ketones is 1. The van der Waals surface area contributed by atoms with Crippen LogP contribution in [-0.4, -0.2) is 44.6 Å². The number of halogens is 3. The van der Waals surface area contributed by atoms with Gasteiger partial charge in [-0.3, -0.25) is 9.69 Å². The van der Waals surface area contributed by atoms with Crippen molar-refractivity contribution in [2.75, 3.05) is 13.1 Å². The number of hydrogen-bond acceptors (Lipinski definition) is 3. The summed E-state index contributed by atoms with van der Waals surface area (Å²) in [7, 11) is 0. The van der Waals surface area contributed by atoms with Gasteiger partial charge >= 0.3 is 0 Å². The Hall–Kier alpha value is 0.900. The molecule has 0 radical (unpaired) electrons. The van der Waals surface area contributed by atoms with Gasteiger partial charge < -0.3 is 5.73 Å².